The first-order chi connectivity index (χ1) is 9.63. The molecule has 2 aromatic carbocycles. The van der Waals surface area contributed by atoms with Crippen LogP contribution in [0.3, 0.4) is 0 Å². The standard InChI is InChI=1S/C15H14ClN3O/c1-20-15-5-2-10(6-13(15)18)9-19-14-7-12(16)4-3-11(14)8-17/h2-7,19H,9,18H2,1H3. The van der Waals surface area contributed by atoms with Crippen LogP contribution in [0.2, 0.25) is 5.02 Å². The lowest BCUT2D eigenvalue weighted by molar-refractivity contribution is 0.417. The van der Waals surface area contributed by atoms with Crippen LogP contribution in [-0.2, 0) is 6.54 Å². The summed E-state index contributed by atoms with van der Waals surface area (Å²) >= 11 is 5.93. The van der Waals surface area contributed by atoms with Crippen molar-refractivity contribution in [1.29, 1.82) is 5.26 Å². The zero-order valence-corrected chi connectivity index (χ0v) is 11.7. The fourth-order valence-corrected chi connectivity index (χ4v) is 2.02. The number of benzene rings is 2. The summed E-state index contributed by atoms with van der Waals surface area (Å²) < 4.78 is 5.11. The van der Waals surface area contributed by atoms with Crippen molar-refractivity contribution in [2.75, 3.05) is 18.2 Å². The van der Waals surface area contributed by atoms with E-state index < -0.39 is 0 Å². The summed E-state index contributed by atoms with van der Waals surface area (Å²) in [5.74, 6) is 0.647. The van der Waals surface area contributed by atoms with Crippen LogP contribution >= 0.6 is 11.6 Å². The molecule has 20 heavy (non-hydrogen) atoms. The lowest BCUT2D eigenvalue weighted by Crippen LogP contribution is -2.02. The molecular formula is C15H14ClN3O. The van der Waals surface area contributed by atoms with E-state index in [1.807, 2.05) is 18.2 Å². The first-order valence-corrected chi connectivity index (χ1v) is 6.37. The average Bonchev–Trinajstić information content (AvgIpc) is 2.45. The Labute approximate surface area is 122 Å². The summed E-state index contributed by atoms with van der Waals surface area (Å²) in [5, 5.41) is 12.8. The second-order valence-electron chi connectivity index (χ2n) is 4.23. The minimum Gasteiger partial charge on any atom is -0.495 e. The van der Waals surface area contributed by atoms with Gasteiger partial charge in [0.1, 0.15) is 11.8 Å². The number of nitrogen functional groups attached to an aromatic ring is 1. The average molecular weight is 288 g/mol. The number of nitrogens with one attached hydrogen (secondary N) is 1. The molecule has 0 aliphatic rings. The quantitative estimate of drug-likeness (QED) is 0.845. The van der Waals surface area contributed by atoms with E-state index in [4.69, 9.17) is 27.3 Å². The van der Waals surface area contributed by atoms with Crippen molar-refractivity contribution in [3.63, 3.8) is 0 Å². The maximum Gasteiger partial charge on any atom is 0.141 e. The predicted octanol–water partition coefficient (Wildman–Crippen LogP) is 3.41. The molecule has 0 saturated heterocycles. The lowest BCUT2D eigenvalue weighted by atomic mass is 10.1. The minimum atomic E-state index is 0.545. The smallest absolute Gasteiger partial charge is 0.141 e. The van der Waals surface area contributed by atoms with Crippen LogP contribution in [0.25, 0.3) is 0 Å². The van der Waals surface area contributed by atoms with Gasteiger partial charge in [0.25, 0.3) is 0 Å². The van der Waals surface area contributed by atoms with Crippen LogP contribution in [0, 0.1) is 11.3 Å². The van der Waals surface area contributed by atoms with Gasteiger partial charge in [-0.1, -0.05) is 17.7 Å². The van der Waals surface area contributed by atoms with Gasteiger partial charge in [-0.15, -0.1) is 0 Å². The molecule has 3 N–H and O–H groups in total. The van der Waals surface area contributed by atoms with E-state index in [-0.39, 0.29) is 0 Å². The number of ether oxygens (including phenoxy) is 1. The van der Waals surface area contributed by atoms with E-state index in [1.165, 1.54) is 0 Å². The third-order valence-corrected chi connectivity index (χ3v) is 3.11. The summed E-state index contributed by atoms with van der Waals surface area (Å²) in [6, 6.07) is 12.8. The maximum absolute atomic E-state index is 9.05. The topological polar surface area (TPSA) is 71.1 Å². The number of anilines is 2. The summed E-state index contributed by atoms with van der Waals surface area (Å²) in [6.45, 7) is 0.545. The molecule has 0 amide bonds. The molecule has 5 heteroatoms. The van der Waals surface area contributed by atoms with Crippen molar-refractivity contribution in [3.8, 4) is 11.8 Å². The van der Waals surface area contributed by atoms with Crippen molar-refractivity contribution in [1.82, 2.24) is 0 Å². The Morgan fingerprint density at radius 1 is 1.30 bits per heavy atom. The Kier molecular flexibility index (Phi) is 4.34. The third-order valence-electron chi connectivity index (χ3n) is 2.88. The SMILES string of the molecule is COc1ccc(CNc2cc(Cl)ccc2C#N)cc1N. The zero-order chi connectivity index (χ0) is 14.5. The highest BCUT2D eigenvalue weighted by atomic mass is 35.5. The lowest BCUT2D eigenvalue weighted by Gasteiger charge is -2.10. The van der Waals surface area contributed by atoms with Gasteiger partial charge in [-0.2, -0.15) is 5.26 Å². The molecule has 0 aromatic heterocycles. The Balaban J connectivity index is 2.15. The highest BCUT2D eigenvalue weighted by Gasteiger charge is 2.04. The van der Waals surface area contributed by atoms with Gasteiger partial charge in [-0.05, 0) is 35.9 Å². The Morgan fingerprint density at radius 2 is 2.10 bits per heavy atom. The van der Waals surface area contributed by atoms with E-state index >= 15 is 0 Å². The van der Waals surface area contributed by atoms with Crippen LogP contribution in [0.5, 0.6) is 5.75 Å². The molecule has 0 bridgehead atoms. The molecule has 0 fully saturated rings. The molecule has 2 aromatic rings. The van der Waals surface area contributed by atoms with Crippen LogP contribution in [0.4, 0.5) is 11.4 Å². The van der Waals surface area contributed by atoms with E-state index in [9.17, 15) is 0 Å². The Hall–Kier alpha value is -2.38. The second-order valence-corrected chi connectivity index (χ2v) is 4.67. The first kappa shape index (κ1) is 14.0. The highest BCUT2D eigenvalue weighted by Crippen LogP contribution is 2.24. The number of nitriles is 1. The number of methoxy groups -OCH3 is 1. The van der Waals surface area contributed by atoms with E-state index in [2.05, 4.69) is 11.4 Å². The molecule has 0 unspecified atom stereocenters. The molecule has 0 heterocycles. The number of hydrogen-bond acceptors (Lipinski definition) is 4. The van der Waals surface area contributed by atoms with Crippen molar-refractivity contribution in [2.45, 2.75) is 6.54 Å². The van der Waals surface area contributed by atoms with Crippen molar-refractivity contribution < 1.29 is 4.74 Å². The number of nitrogens with two attached hydrogens (primary N) is 1. The normalized spacial score (nSPS) is 9.85. The molecule has 0 atom stereocenters. The predicted molar refractivity (Wildman–Crippen MR) is 80.9 cm³/mol. The van der Waals surface area contributed by atoms with Gasteiger partial charge in [-0.3, -0.25) is 0 Å². The van der Waals surface area contributed by atoms with Crippen LogP contribution < -0.4 is 15.8 Å². The number of nitrogens with zero attached hydrogens (tertiary/aromatic N) is 1. The van der Waals surface area contributed by atoms with Gasteiger partial charge in [0.2, 0.25) is 0 Å². The van der Waals surface area contributed by atoms with E-state index in [0.717, 1.165) is 5.56 Å². The van der Waals surface area contributed by atoms with Crippen LogP contribution in [-0.4, -0.2) is 7.11 Å². The highest BCUT2D eigenvalue weighted by molar-refractivity contribution is 6.30. The van der Waals surface area contributed by atoms with E-state index in [0.29, 0.717) is 34.3 Å². The molecule has 0 saturated carbocycles. The first-order valence-electron chi connectivity index (χ1n) is 6.00. The van der Waals surface area contributed by atoms with Gasteiger partial charge >= 0.3 is 0 Å². The largest absolute Gasteiger partial charge is 0.495 e. The summed E-state index contributed by atoms with van der Waals surface area (Å²) in [5.41, 5.74) is 8.68. The molecule has 0 spiro atoms. The molecule has 4 nitrogen and oxygen atoms in total. The van der Waals surface area contributed by atoms with Gasteiger partial charge in [0.05, 0.1) is 24.0 Å². The summed E-state index contributed by atoms with van der Waals surface area (Å²) in [7, 11) is 1.58. The van der Waals surface area contributed by atoms with Crippen LogP contribution in [0.1, 0.15) is 11.1 Å². The second kappa shape index (κ2) is 6.18. The maximum atomic E-state index is 9.05. The van der Waals surface area contributed by atoms with Crippen molar-refractivity contribution in [2.24, 2.45) is 0 Å². The van der Waals surface area contributed by atoms with Crippen molar-refractivity contribution >= 4 is 23.0 Å². The zero-order valence-electron chi connectivity index (χ0n) is 11.0. The minimum absolute atomic E-state index is 0.545. The van der Waals surface area contributed by atoms with Crippen LogP contribution in [0.15, 0.2) is 36.4 Å². The van der Waals surface area contributed by atoms with Gasteiger partial charge in [0.15, 0.2) is 0 Å². The third kappa shape index (κ3) is 3.14. The number of halogens is 1. The van der Waals surface area contributed by atoms with Gasteiger partial charge in [0, 0.05) is 11.6 Å². The molecule has 2 rings (SSSR count). The molecule has 0 aliphatic heterocycles. The fourth-order valence-electron chi connectivity index (χ4n) is 1.85. The Morgan fingerprint density at radius 3 is 2.75 bits per heavy atom. The summed E-state index contributed by atoms with van der Waals surface area (Å²) in [4.78, 5) is 0. The number of rotatable bonds is 4. The molecular weight excluding hydrogens is 274 g/mol. The summed E-state index contributed by atoms with van der Waals surface area (Å²) in [6.07, 6.45) is 0. The molecule has 0 radical (unpaired) electrons. The van der Waals surface area contributed by atoms with E-state index in [1.54, 1.807) is 25.3 Å². The monoisotopic (exact) mass is 287 g/mol. The number of hydrogen-bond donors (Lipinski definition) is 2. The Bertz CT molecular complexity index is 665. The van der Waals surface area contributed by atoms with Crippen molar-refractivity contribution in [3.05, 3.63) is 52.5 Å². The van der Waals surface area contributed by atoms with Gasteiger partial charge < -0.3 is 15.8 Å². The fraction of sp³-hybridized carbons (Fsp3) is 0.133. The molecule has 0 aliphatic carbocycles. The van der Waals surface area contributed by atoms with Gasteiger partial charge in [-0.25, -0.2) is 0 Å². The molecule has 102 valence electrons.